The van der Waals surface area contributed by atoms with E-state index in [-0.39, 0.29) is 0 Å². The topological polar surface area (TPSA) is 211 Å². The van der Waals surface area contributed by atoms with Crippen molar-refractivity contribution in [3.63, 3.8) is 0 Å². The van der Waals surface area contributed by atoms with Crippen LogP contribution < -0.4 is 8.91 Å². The molecule has 4 N–H and O–H groups in total. The average Bonchev–Trinajstić information content (AvgIpc) is 2.62. The van der Waals surface area contributed by atoms with E-state index in [4.69, 9.17) is 13.8 Å². The van der Waals surface area contributed by atoms with Crippen LogP contribution in [0.4, 0.5) is 17.6 Å². The molecule has 1 atom stereocenters. The highest BCUT2D eigenvalue weighted by molar-refractivity contribution is 8.11. The van der Waals surface area contributed by atoms with Crippen molar-refractivity contribution in [2.45, 2.75) is 41.8 Å². The number of alkyl halides is 4. The summed E-state index contributed by atoms with van der Waals surface area (Å²) in [5.41, 5.74) is -2.62. The Bertz CT molecular complexity index is 1290. The smallest absolute Gasteiger partial charge is 0.377 e. The highest BCUT2D eigenvalue weighted by Gasteiger charge is 2.60. The van der Waals surface area contributed by atoms with Crippen LogP contribution in [0.1, 0.15) is 43.0 Å². The Morgan fingerprint density at radius 2 is 1.49 bits per heavy atom. The van der Waals surface area contributed by atoms with Gasteiger partial charge in [0.05, 0.1) is 5.60 Å². The zero-order chi connectivity index (χ0) is 27.8. The van der Waals surface area contributed by atoms with Crippen molar-refractivity contribution < 1.29 is 70.7 Å². The lowest BCUT2D eigenvalue weighted by molar-refractivity contribution is -0.169. The molecule has 0 fully saturated rings. The van der Waals surface area contributed by atoms with Crippen molar-refractivity contribution in [1.82, 2.24) is 4.72 Å². The van der Waals surface area contributed by atoms with Gasteiger partial charge >= 0.3 is 39.5 Å². The molecule has 1 unspecified atom stereocenters. The van der Waals surface area contributed by atoms with Crippen LogP contribution >= 0.6 is 11.9 Å². The number of halogens is 4. The van der Waals surface area contributed by atoms with Gasteiger partial charge in [0.25, 0.3) is 5.91 Å². The highest BCUT2D eigenvalue weighted by atomic mass is 32.3. The molecule has 0 bridgehead atoms. The van der Waals surface area contributed by atoms with Gasteiger partial charge in [-0.3, -0.25) is 18.6 Å². The van der Waals surface area contributed by atoms with Gasteiger partial charge in [-0.1, -0.05) is 0 Å². The molecule has 1 amide bonds. The van der Waals surface area contributed by atoms with Crippen LogP contribution in [0.5, 0.6) is 5.75 Å². The summed E-state index contributed by atoms with van der Waals surface area (Å²) < 4.78 is 136. The molecule has 1 aromatic rings. The van der Waals surface area contributed by atoms with E-state index in [1.807, 2.05) is 0 Å². The fraction of sp³-hybridized carbons (Fsp3) is 0.500. The summed E-state index contributed by atoms with van der Waals surface area (Å²) in [5, 5.41) is 10.2. The number of carbonyl (C=O) groups excluding carboxylic acids is 1. The van der Waals surface area contributed by atoms with Crippen LogP contribution in [-0.2, 0) is 35.1 Å². The summed E-state index contributed by atoms with van der Waals surface area (Å²) >= 11 is -1.12. The van der Waals surface area contributed by atoms with E-state index in [0.717, 1.165) is 0 Å². The van der Waals surface area contributed by atoms with Crippen LogP contribution in [0, 0.1) is 0 Å². The number of aliphatic hydroxyl groups excluding tert-OH is 1. The largest absolute Gasteiger partial charge is 0.506 e. The summed E-state index contributed by atoms with van der Waals surface area (Å²) in [5.74, 6) is -2.93. The van der Waals surface area contributed by atoms with Crippen LogP contribution in [0.2, 0.25) is 0 Å². The molecular formula is C14H17F4NO12S4. The van der Waals surface area contributed by atoms with Gasteiger partial charge in [0, 0.05) is 23.1 Å². The van der Waals surface area contributed by atoms with Crippen molar-refractivity contribution in [2.24, 2.45) is 0 Å². The summed E-state index contributed by atoms with van der Waals surface area (Å²) in [4.78, 5) is 12.2. The monoisotopic (exact) mass is 595 g/mol. The third-order valence-corrected chi connectivity index (χ3v) is 8.15. The van der Waals surface area contributed by atoms with Gasteiger partial charge in [-0.25, -0.2) is 0 Å². The summed E-state index contributed by atoms with van der Waals surface area (Å²) in [6, 6.07) is 1.45. The number of hydrogen-bond donors (Lipinski definition) is 4. The molecule has 0 aliphatic heterocycles. The number of hydrogen-bond acceptors (Lipinski definition) is 11. The number of nitrogens with one attached hydrogen (secondary N) is 1. The van der Waals surface area contributed by atoms with Gasteiger partial charge in [-0.05, 0) is 39.0 Å². The molecular weight excluding hydrogens is 578 g/mol. The molecule has 0 saturated heterocycles. The van der Waals surface area contributed by atoms with E-state index in [1.54, 1.807) is 0 Å². The predicted molar refractivity (Wildman–Crippen MR) is 110 cm³/mol. The van der Waals surface area contributed by atoms with E-state index < -0.39 is 86.2 Å². The molecule has 0 heterocycles. The Balaban J connectivity index is 3.51. The molecule has 0 saturated carbocycles. The Hall–Kier alpha value is -1.75. The lowest BCUT2D eigenvalue weighted by Crippen LogP contribution is -2.40. The first-order valence-corrected chi connectivity index (χ1v) is 13.5. The van der Waals surface area contributed by atoms with Gasteiger partial charge in [0.1, 0.15) is 5.75 Å². The molecule has 13 nitrogen and oxygen atoms in total. The Morgan fingerprint density at radius 1 is 0.971 bits per heavy atom. The Labute approximate surface area is 200 Å². The molecule has 0 aliphatic carbocycles. The molecule has 1 rings (SSSR count). The Kier molecular flexibility index (Phi) is 8.90. The zero-order valence-corrected chi connectivity index (χ0v) is 20.7. The van der Waals surface area contributed by atoms with E-state index in [9.17, 15) is 52.7 Å². The number of amides is 1. The Morgan fingerprint density at radius 3 is 1.91 bits per heavy atom. The van der Waals surface area contributed by atoms with E-state index in [2.05, 4.69) is 4.18 Å². The summed E-state index contributed by atoms with van der Waals surface area (Å²) in [6.07, 6.45) is -2.03. The predicted octanol–water partition coefficient (Wildman–Crippen LogP) is 1.46. The molecule has 0 spiro atoms. The molecule has 21 heteroatoms. The fourth-order valence-electron chi connectivity index (χ4n) is 1.87. The normalized spacial score (nSPS) is 14.9. The second-order valence-corrected chi connectivity index (χ2v) is 13.3. The van der Waals surface area contributed by atoms with Gasteiger partial charge in [0.15, 0.2) is 6.29 Å². The van der Waals surface area contributed by atoms with E-state index in [0.29, 0.717) is 18.2 Å². The van der Waals surface area contributed by atoms with Crippen LogP contribution in [0.15, 0.2) is 18.2 Å². The van der Waals surface area contributed by atoms with Crippen molar-refractivity contribution >= 4 is 48.2 Å². The van der Waals surface area contributed by atoms with Crippen molar-refractivity contribution in [2.75, 3.05) is 0 Å². The number of rotatable bonds is 10. The SMILES string of the molecule is CC(C)(C)OC(O)c1cc(OS(=O)(=O)C(F)(F)S(=O)(=O)O)cc(C(=O)NSC(F)(F)S(=O)(=O)O)c1. The second-order valence-electron chi connectivity index (χ2n) is 7.32. The first-order chi connectivity index (χ1) is 15.3. The van der Waals surface area contributed by atoms with Gasteiger partial charge in [0.2, 0.25) is 0 Å². The first kappa shape index (κ1) is 31.3. The molecule has 202 valence electrons. The van der Waals surface area contributed by atoms with Crippen molar-refractivity contribution in [3.8, 4) is 5.75 Å². The number of aliphatic hydroxyl groups is 1. The summed E-state index contributed by atoms with van der Waals surface area (Å²) in [6.45, 7) is 4.28. The number of benzene rings is 1. The number of carbonyl (C=O) groups is 1. The minimum atomic E-state index is -6.56. The van der Waals surface area contributed by atoms with Crippen LogP contribution in [0.3, 0.4) is 0 Å². The molecule has 1 aromatic carbocycles. The minimum absolute atomic E-state index is 0.298. The lowest BCUT2D eigenvalue weighted by Gasteiger charge is -2.25. The van der Waals surface area contributed by atoms with E-state index >= 15 is 0 Å². The minimum Gasteiger partial charge on any atom is -0.377 e. The van der Waals surface area contributed by atoms with Crippen LogP contribution in [0.25, 0.3) is 0 Å². The molecule has 35 heavy (non-hydrogen) atoms. The molecule has 0 radical (unpaired) electrons. The van der Waals surface area contributed by atoms with E-state index in [1.165, 1.54) is 25.5 Å². The number of ether oxygens (including phenoxy) is 1. The third-order valence-electron chi connectivity index (χ3n) is 3.30. The van der Waals surface area contributed by atoms with Gasteiger partial charge in [-0.2, -0.15) is 42.8 Å². The fourth-order valence-corrected chi connectivity index (χ4v) is 4.32. The molecule has 0 aliphatic rings. The third kappa shape index (κ3) is 7.87. The van der Waals surface area contributed by atoms with Gasteiger partial charge in [-0.15, -0.1) is 0 Å². The summed E-state index contributed by atoms with van der Waals surface area (Å²) in [7, 11) is -19.1. The van der Waals surface area contributed by atoms with Crippen molar-refractivity contribution in [3.05, 3.63) is 29.3 Å². The van der Waals surface area contributed by atoms with Gasteiger partial charge < -0.3 is 14.0 Å². The quantitative estimate of drug-likeness (QED) is 0.0993. The first-order valence-electron chi connectivity index (χ1n) is 8.44. The zero-order valence-electron chi connectivity index (χ0n) is 17.5. The lowest BCUT2D eigenvalue weighted by atomic mass is 10.1. The average molecular weight is 596 g/mol. The standard InChI is InChI=1S/C14H17F4NO12S4/c1-12(2,3)30-11(21)8-4-7(10(20)19-32-13(15,16)33(22,23)24)5-9(6-8)31-35(28,29)14(17,18)34(25,26)27/h4-6,11,21H,1-3H3,(H,19,20)(H,22,23,24)(H,25,26,27). The molecule has 0 aromatic heterocycles. The van der Waals surface area contributed by atoms with Crippen LogP contribution in [-0.4, -0.2) is 60.1 Å². The maximum Gasteiger partial charge on any atom is 0.506 e. The maximum absolute atomic E-state index is 13.6. The highest BCUT2D eigenvalue weighted by Crippen LogP contribution is 2.34. The second kappa shape index (κ2) is 9.95. The van der Waals surface area contributed by atoms with Crippen molar-refractivity contribution in [1.29, 1.82) is 0 Å². The maximum atomic E-state index is 13.6.